The number of ether oxygens (including phenoxy) is 1. The number of amides is 1. The summed E-state index contributed by atoms with van der Waals surface area (Å²) in [5.41, 5.74) is 1.80. The molecule has 1 aromatic heterocycles. The van der Waals surface area contributed by atoms with Gasteiger partial charge in [0.05, 0.1) is 16.5 Å². The topological polar surface area (TPSA) is 50.5 Å². The van der Waals surface area contributed by atoms with E-state index in [2.05, 4.69) is 16.7 Å². The number of thioether (sulfide) groups is 1. The number of nitrogens with zero attached hydrogens (tertiary/aromatic N) is 2. The standard InChI is InChI=1S/C28H27N2O3S/c1-28(16-11-19-29-17-9-4-10-18-29)26(30-23(31)20-24(30)34-28)27(32)33-25(21-12-5-2-6-13-21)22-14-7-3-8-15-22/h2-18,24-26H,19-20H2,1H3/q+1/b16-11+. The van der Waals surface area contributed by atoms with Gasteiger partial charge in [-0.25, -0.2) is 9.36 Å². The number of aromatic nitrogens is 1. The predicted molar refractivity (Wildman–Crippen MR) is 132 cm³/mol. The smallest absolute Gasteiger partial charge is 0.331 e. The first-order valence-corrected chi connectivity index (χ1v) is 12.3. The van der Waals surface area contributed by atoms with Crippen molar-refractivity contribution >= 4 is 23.6 Å². The van der Waals surface area contributed by atoms with Crippen molar-refractivity contribution in [3.8, 4) is 0 Å². The maximum absolute atomic E-state index is 13.7. The van der Waals surface area contributed by atoms with Crippen molar-refractivity contribution in [2.24, 2.45) is 0 Å². The minimum atomic E-state index is -0.671. The third kappa shape index (κ3) is 4.38. The van der Waals surface area contributed by atoms with Gasteiger partial charge in [-0.15, -0.1) is 11.8 Å². The van der Waals surface area contributed by atoms with Gasteiger partial charge in [-0.2, -0.15) is 0 Å². The van der Waals surface area contributed by atoms with Gasteiger partial charge in [0.2, 0.25) is 5.91 Å². The second-order valence-corrected chi connectivity index (χ2v) is 10.4. The molecule has 0 N–H and O–H groups in total. The van der Waals surface area contributed by atoms with E-state index in [1.807, 2.05) is 98.2 Å². The average molecular weight is 472 g/mol. The first-order chi connectivity index (χ1) is 16.5. The molecule has 3 unspecified atom stereocenters. The summed E-state index contributed by atoms with van der Waals surface area (Å²) in [7, 11) is 0. The molecule has 0 spiro atoms. The van der Waals surface area contributed by atoms with E-state index in [-0.39, 0.29) is 17.3 Å². The van der Waals surface area contributed by atoms with E-state index in [9.17, 15) is 9.59 Å². The minimum Gasteiger partial charge on any atom is -0.451 e. The Morgan fingerprint density at radius 3 is 2.24 bits per heavy atom. The SMILES string of the molecule is CC1(/C=C/C[n+]2ccccc2)SC2CC(=O)N2C1C(=O)OC(c1ccccc1)c1ccccc1. The third-order valence-electron chi connectivity index (χ3n) is 6.36. The molecule has 0 aliphatic carbocycles. The molecule has 34 heavy (non-hydrogen) atoms. The molecule has 0 bridgehead atoms. The zero-order valence-electron chi connectivity index (χ0n) is 19.0. The van der Waals surface area contributed by atoms with Gasteiger partial charge in [-0.1, -0.05) is 72.8 Å². The number of hydrogen-bond acceptors (Lipinski definition) is 4. The number of carbonyl (C=O) groups is 2. The number of benzene rings is 2. The number of fused-ring (bicyclic) bond motifs is 1. The van der Waals surface area contributed by atoms with Gasteiger partial charge in [-0.05, 0) is 24.1 Å². The Kier molecular flexibility index (Phi) is 6.24. The molecule has 2 fully saturated rings. The van der Waals surface area contributed by atoms with E-state index < -0.39 is 16.9 Å². The number of esters is 1. The molecule has 172 valence electrons. The molecule has 3 heterocycles. The summed E-state index contributed by atoms with van der Waals surface area (Å²) in [6, 6.07) is 24.8. The minimum absolute atomic E-state index is 0.00461. The third-order valence-corrected chi connectivity index (χ3v) is 7.90. The van der Waals surface area contributed by atoms with Crippen LogP contribution in [-0.4, -0.2) is 32.9 Å². The number of pyridine rings is 1. The van der Waals surface area contributed by atoms with Gasteiger partial charge in [0.1, 0.15) is 6.04 Å². The van der Waals surface area contributed by atoms with Crippen LogP contribution in [0.3, 0.4) is 0 Å². The molecule has 2 aromatic carbocycles. The van der Waals surface area contributed by atoms with Crippen LogP contribution in [0.4, 0.5) is 0 Å². The molecule has 3 atom stereocenters. The normalized spacial score (nSPS) is 23.7. The second kappa shape index (κ2) is 9.47. The van der Waals surface area contributed by atoms with Gasteiger partial charge >= 0.3 is 5.97 Å². The van der Waals surface area contributed by atoms with Crippen LogP contribution < -0.4 is 4.57 Å². The van der Waals surface area contributed by atoms with Crippen LogP contribution in [-0.2, 0) is 20.9 Å². The Bertz CT molecular complexity index is 1150. The summed E-state index contributed by atoms with van der Waals surface area (Å²) < 4.78 is 7.68. The highest BCUT2D eigenvalue weighted by molar-refractivity contribution is 8.01. The summed E-state index contributed by atoms with van der Waals surface area (Å²) in [4.78, 5) is 27.9. The van der Waals surface area contributed by atoms with E-state index >= 15 is 0 Å². The molecule has 5 rings (SSSR count). The number of rotatable bonds is 7. The predicted octanol–water partition coefficient (Wildman–Crippen LogP) is 4.30. The van der Waals surface area contributed by atoms with Crippen LogP contribution >= 0.6 is 11.8 Å². The molecule has 2 aliphatic heterocycles. The Labute approximate surface area is 204 Å². The van der Waals surface area contributed by atoms with E-state index in [0.717, 1.165) is 11.1 Å². The van der Waals surface area contributed by atoms with Gasteiger partial charge in [0.15, 0.2) is 25.0 Å². The lowest BCUT2D eigenvalue weighted by Crippen LogP contribution is -2.57. The van der Waals surface area contributed by atoms with E-state index in [1.165, 1.54) is 0 Å². The van der Waals surface area contributed by atoms with Gasteiger partial charge in [-0.3, -0.25) is 4.79 Å². The first kappa shape index (κ1) is 22.4. The van der Waals surface area contributed by atoms with Crippen LogP contribution in [0.15, 0.2) is 103 Å². The van der Waals surface area contributed by atoms with E-state index in [4.69, 9.17) is 4.74 Å². The molecular formula is C28H27N2O3S+. The Hall–Kier alpha value is -3.38. The van der Waals surface area contributed by atoms with Crippen molar-refractivity contribution in [2.75, 3.05) is 0 Å². The van der Waals surface area contributed by atoms with Crippen LogP contribution in [0.1, 0.15) is 30.6 Å². The monoisotopic (exact) mass is 471 g/mol. The molecular weight excluding hydrogens is 444 g/mol. The zero-order valence-corrected chi connectivity index (χ0v) is 19.8. The van der Waals surface area contributed by atoms with Crippen molar-refractivity contribution in [1.82, 2.24) is 4.90 Å². The fourth-order valence-corrected chi connectivity index (χ4v) is 6.33. The quantitative estimate of drug-likeness (QED) is 0.223. The maximum atomic E-state index is 13.7. The van der Waals surface area contributed by atoms with E-state index in [1.54, 1.807) is 16.7 Å². The lowest BCUT2D eigenvalue weighted by atomic mass is 9.95. The summed E-state index contributed by atoms with van der Waals surface area (Å²) >= 11 is 1.66. The zero-order chi connectivity index (χ0) is 23.5. The lowest BCUT2D eigenvalue weighted by Gasteiger charge is -2.38. The number of carbonyl (C=O) groups excluding carboxylic acids is 2. The van der Waals surface area contributed by atoms with Crippen LogP contribution in [0.5, 0.6) is 0 Å². The van der Waals surface area contributed by atoms with Crippen LogP contribution in [0, 0.1) is 0 Å². The largest absolute Gasteiger partial charge is 0.451 e. The summed E-state index contributed by atoms with van der Waals surface area (Å²) in [6.45, 7) is 2.72. The Morgan fingerprint density at radius 1 is 1.06 bits per heavy atom. The van der Waals surface area contributed by atoms with E-state index in [0.29, 0.717) is 13.0 Å². The van der Waals surface area contributed by atoms with Crippen molar-refractivity contribution in [3.63, 3.8) is 0 Å². The van der Waals surface area contributed by atoms with Crippen LogP contribution in [0.2, 0.25) is 0 Å². The lowest BCUT2D eigenvalue weighted by molar-refractivity contribution is -0.687. The highest BCUT2D eigenvalue weighted by atomic mass is 32.2. The fourth-order valence-electron chi connectivity index (χ4n) is 4.65. The molecule has 0 radical (unpaired) electrons. The molecule has 2 aliphatic rings. The Morgan fingerprint density at radius 2 is 1.65 bits per heavy atom. The van der Waals surface area contributed by atoms with Gasteiger partial charge in [0, 0.05) is 12.1 Å². The Balaban J connectivity index is 1.42. The first-order valence-electron chi connectivity index (χ1n) is 11.5. The number of hydrogen-bond donors (Lipinski definition) is 0. The van der Waals surface area contributed by atoms with Gasteiger partial charge < -0.3 is 9.64 Å². The summed E-state index contributed by atoms with van der Waals surface area (Å²) in [6.07, 6.45) is 8.06. The van der Waals surface area contributed by atoms with Crippen molar-refractivity contribution in [2.45, 2.75) is 42.2 Å². The highest BCUT2D eigenvalue weighted by Gasteiger charge is 2.60. The molecule has 6 heteroatoms. The van der Waals surface area contributed by atoms with Crippen molar-refractivity contribution in [1.29, 1.82) is 0 Å². The van der Waals surface area contributed by atoms with Crippen molar-refractivity contribution < 1.29 is 18.9 Å². The summed E-state index contributed by atoms with van der Waals surface area (Å²) in [5, 5.41) is 0.0102. The second-order valence-electron chi connectivity index (χ2n) is 8.78. The molecule has 5 nitrogen and oxygen atoms in total. The molecule has 1 amide bonds. The van der Waals surface area contributed by atoms with Crippen molar-refractivity contribution in [3.05, 3.63) is 115 Å². The number of allylic oxidation sites excluding steroid dienone is 1. The summed E-state index contributed by atoms with van der Waals surface area (Å²) in [5.74, 6) is -0.370. The fraction of sp³-hybridized carbons (Fsp3) is 0.250. The average Bonchev–Trinajstić information content (AvgIpc) is 3.11. The molecule has 2 saturated heterocycles. The van der Waals surface area contributed by atoms with Crippen LogP contribution in [0.25, 0.3) is 0 Å². The number of β-lactam (4-membered cyclic amide) rings is 1. The maximum Gasteiger partial charge on any atom is 0.331 e. The molecule has 3 aromatic rings. The molecule has 0 saturated carbocycles. The van der Waals surface area contributed by atoms with Gasteiger partial charge in [0.25, 0.3) is 0 Å². The highest BCUT2D eigenvalue weighted by Crippen LogP contribution is 2.52.